The normalized spacial score (nSPS) is 32.5. The van der Waals surface area contributed by atoms with Gasteiger partial charge >= 0.3 is 0 Å². The van der Waals surface area contributed by atoms with Crippen molar-refractivity contribution in [1.29, 1.82) is 0 Å². The van der Waals surface area contributed by atoms with E-state index in [2.05, 4.69) is 0 Å². The molecule has 3 nitrogen and oxygen atoms in total. The minimum atomic E-state index is -0.0885. The minimum absolute atomic E-state index is 0. The predicted molar refractivity (Wildman–Crippen MR) is 53.2 cm³/mol. The maximum Gasteiger partial charge on any atom is 0.0757 e. The van der Waals surface area contributed by atoms with Gasteiger partial charge in [0.2, 0.25) is 0 Å². The highest BCUT2D eigenvalue weighted by Gasteiger charge is 2.38. The van der Waals surface area contributed by atoms with E-state index in [0.29, 0.717) is 6.10 Å². The van der Waals surface area contributed by atoms with E-state index >= 15 is 0 Å². The van der Waals surface area contributed by atoms with Crippen molar-refractivity contribution in [1.82, 2.24) is 0 Å². The van der Waals surface area contributed by atoms with Gasteiger partial charge in [-0.25, -0.2) is 0 Å². The summed E-state index contributed by atoms with van der Waals surface area (Å²) in [6.07, 6.45) is 4.51. The number of rotatable bonds is 1. The highest BCUT2D eigenvalue weighted by Crippen LogP contribution is 2.29. The second-order valence-corrected chi connectivity index (χ2v) is 3.85. The van der Waals surface area contributed by atoms with Crippen molar-refractivity contribution in [3.05, 3.63) is 0 Å². The molecule has 0 aliphatic carbocycles. The van der Waals surface area contributed by atoms with Gasteiger partial charge in [0.1, 0.15) is 0 Å². The van der Waals surface area contributed by atoms with Crippen LogP contribution in [0.5, 0.6) is 0 Å². The van der Waals surface area contributed by atoms with Crippen molar-refractivity contribution in [3.63, 3.8) is 0 Å². The quantitative estimate of drug-likeness (QED) is 0.700. The smallest absolute Gasteiger partial charge is 0.0757 e. The lowest BCUT2D eigenvalue weighted by atomic mass is 9.84. The molecule has 2 heterocycles. The van der Waals surface area contributed by atoms with Gasteiger partial charge in [0.05, 0.1) is 6.10 Å². The van der Waals surface area contributed by atoms with Gasteiger partial charge in [-0.05, 0) is 25.7 Å². The van der Waals surface area contributed by atoms with Gasteiger partial charge in [-0.2, -0.15) is 0 Å². The topological polar surface area (TPSA) is 44.5 Å². The van der Waals surface area contributed by atoms with Crippen molar-refractivity contribution in [2.24, 2.45) is 5.73 Å². The second kappa shape index (κ2) is 4.60. The van der Waals surface area contributed by atoms with Crippen molar-refractivity contribution < 1.29 is 9.47 Å². The third kappa shape index (κ3) is 2.34. The molecule has 0 bridgehead atoms. The van der Waals surface area contributed by atoms with E-state index in [1.165, 1.54) is 6.42 Å². The van der Waals surface area contributed by atoms with Gasteiger partial charge in [0.25, 0.3) is 0 Å². The SMILES string of the molecule is Cl.NC1(C2CCCO2)CCOCC1. The fourth-order valence-corrected chi connectivity index (χ4v) is 2.10. The van der Waals surface area contributed by atoms with Gasteiger partial charge in [-0.1, -0.05) is 0 Å². The molecule has 2 aliphatic rings. The molecule has 4 heteroatoms. The first-order chi connectivity index (χ1) is 5.81. The first-order valence-corrected chi connectivity index (χ1v) is 4.79. The highest BCUT2D eigenvalue weighted by molar-refractivity contribution is 5.85. The van der Waals surface area contributed by atoms with Crippen LogP contribution in [-0.2, 0) is 9.47 Å². The minimum Gasteiger partial charge on any atom is -0.381 e. The highest BCUT2D eigenvalue weighted by atomic mass is 35.5. The molecule has 2 aliphatic heterocycles. The third-order valence-corrected chi connectivity index (χ3v) is 2.99. The van der Waals surface area contributed by atoms with Gasteiger partial charge < -0.3 is 15.2 Å². The molecule has 0 radical (unpaired) electrons. The number of hydrogen-bond acceptors (Lipinski definition) is 3. The Balaban J connectivity index is 0.000000845. The van der Waals surface area contributed by atoms with Crippen molar-refractivity contribution in [2.75, 3.05) is 19.8 Å². The molecule has 2 N–H and O–H groups in total. The van der Waals surface area contributed by atoms with E-state index in [0.717, 1.165) is 39.1 Å². The molecule has 0 spiro atoms. The molecule has 0 aromatic rings. The van der Waals surface area contributed by atoms with Gasteiger partial charge in [0.15, 0.2) is 0 Å². The average Bonchev–Trinajstić information content (AvgIpc) is 2.58. The molecule has 2 saturated heterocycles. The number of halogens is 1. The van der Waals surface area contributed by atoms with E-state index in [4.69, 9.17) is 15.2 Å². The molecule has 1 unspecified atom stereocenters. The monoisotopic (exact) mass is 207 g/mol. The largest absolute Gasteiger partial charge is 0.381 e. The zero-order chi connectivity index (χ0) is 8.44. The van der Waals surface area contributed by atoms with Crippen molar-refractivity contribution in [2.45, 2.75) is 37.3 Å². The van der Waals surface area contributed by atoms with Crippen LogP contribution in [0.4, 0.5) is 0 Å². The molecule has 78 valence electrons. The lowest BCUT2D eigenvalue weighted by Crippen LogP contribution is -2.54. The van der Waals surface area contributed by atoms with Crippen LogP contribution in [0.3, 0.4) is 0 Å². The standard InChI is InChI=1S/C9H17NO2.ClH/c10-9(3-6-11-7-4-9)8-2-1-5-12-8;/h8H,1-7,10H2;1H. The Morgan fingerprint density at radius 2 is 1.85 bits per heavy atom. The van der Waals surface area contributed by atoms with Crippen LogP contribution in [0.25, 0.3) is 0 Å². The number of hydrogen-bond donors (Lipinski definition) is 1. The molecule has 0 aromatic heterocycles. The Morgan fingerprint density at radius 1 is 1.15 bits per heavy atom. The Bertz CT molecular complexity index is 154. The summed E-state index contributed by atoms with van der Waals surface area (Å²) >= 11 is 0. The van der Waals surface area contributed by atoms with E-state index in [9.17, 15) is 0 Å². The first-order valence-electron chi connectivity index (χ1n) is 4.79. The lowest BCUT2D eigenvalue weighted by molar-refractivity contribution is -0.0226. The van der Waals surface area contributed by atoms with Crippen LogP contribution in [0.15, 0.2) is 0 Å². The van der Waals surface area contributed by atoms with Crippen LogP contribution >= 0.6 is 12.4 Å². The van der Waals surface area contributed by atoms with Gasteiger partial charge in [-0.15, -0.1) is 12.4 Å². The summed E-state index contributed by atoms with van der Waals surface area (Å²) in [7, 11) is 0. The second-order valence-electron chi connectivity index (χ2n) is 3.85. The molecule has 0 amide bonds. The number of nitrogens with two attached hydrogens (primary N) is 1. The third-order valence-electron chi connectivity index (χ3n) is 2.99. The maximum absolute atomic E-state index is 6.26. The number of ether oxygens (including phenoxy) is 2. The molecule has 2 rings (SSSR count). The molecule has 13 heavy (non-hydrogen) atoms. The fraction of sp³-hybridized carbons (Fsp3) is 1.00. The predicted octanol–water partition coefficient (Wildman–Crippen LogP) is 1.10. The van der Waals surface area contributed by atoms with Gasteiger partial charge in [0, 0.05) is 25.4 Å². The van der Waals surface area contributed by atoms with Crippen molar-refractivity contribution >= 4 is 12.4 Å². The van der Waals surface area contributed by atoms with Crippen LogP contribution in [-0.4, -0.2) is 31.5 Å². The molecule has 0 aromatic carbocycles. The Kier molecular flexibility index (Phi) is 3.98. The van der Waals surface area contributed by atoms with E-state index in [1.54, 1.807) is 0 Å². The summed E-state index contributed by atoms with van der Waals surface area (Å²) in [5.41, 5.74) is 6.17. The summed E-state index contributed by atoms with van der Waals surface area (Å²) in [6.45, 7) is 2.50. The van der Waals surface area contributed by atoms with Crippen LogP contribution < -0.4 is 5.73 Å². The van der Waals surface area contributed by atoms with Gasteiger partial charge in [-0.3, -0.25) is 0 Å². The van der Waals surface area contributed by atoms with Crippen LogP contribution in [0.1, 0.15) is 25.7 Å². The van der Waals surface area contributed by atoms with E-state index < -0.39 is 0 Å². The summed E-state index contributed by atoms with van der Waals surface area (Å²) < 4.78 is 10.9. The maximum atomic E-state index is 6.26. The Morgan fingerprint density at radius 3 is 2.38 bits per heavy atom. The van der Waals surface area contributed by atoms with E-state index in [-0.39, 0.29) is 17.9 Å². The summed E-state index contributed by atoms with van der Waals surface area (Å²) in [4.78, 5) is 0. The summed E-state index contributed by atoms with van der Waals surface area (Å²) in [5, 5.41) is 0. The molecule has 0 saturated carbocycles. The zero-order valence-corrected chi connectivity index (χ0v) is 8.65. The fourth-order valence-electron chi connectivity index (χ4n) is 2.10. The van der Waals surface area contributed by atoms with Crippen molar-refractivity contribution in [3.8, 4) is 0 Å². The van der Waals surface area contributed by atoms with Crippen LogP contribution in [0, 0.1) is 0 Å². The first kappa shape index (κ1) is 11.2. The molecule has 1 atom stereocenters. The zero-order valence-electron chi connectivity index (χ0n) is 7.83. The summed E-state index contributed by atoms with van der Waals surface area (Å²) in [6, 6.07) is 0. The molecular formula is C9H18ClNO2. The summed E-state index contributed by atoms with van der Waals surface area (Å²) in [5.74, 6) is 0. The molecular weight excluding hydrogens is 190 g/mol. The Hall–Kier alpha value is 0.170. The van der Waals surface area contributed by atoms with E-state index in [1.807, 2.05) is 0 Å². The Labute approximate surface area is 85.4 Å². The lowest BCUT2D eigenvalue weighted by Gasteiger charge is -2.37. The van der Waals surface area contributed by atoms with Crippen LogP contribution in [0.2, 0.25) is 0 Å². The average molecular weight is 208 g/mol. The molecule has 2 fully saturated rings.